The van der Waals surface area contributed by atoms with Gasteiger partial charge >= 0.3 is 0 Å². The summed E-state index contributed by atoms with van der Waals surface area (Å²) < 4.78 is 28.0. The standard InChI is InChI=1S/C13H11BrCl2N2O2S/c1-7-4-9(17)2-3-12(7)18-21(19,20)13-10(15)5-8(14)6-11(13)16/h2-6,18H,17H2,1H3. The minimum atomic E-state index is -3.90. The van der Waals surface area contributed by atoms with Gasteiger partial charge in [-0.15, -0.1) is 0 Å². The summed E-state index contributed by atoms with van der Waals surface area (Å²) in [6.07, 6.45) is 0. The minimum absolute atomic E-state index is 0.0370. The van der Waals surface area contributed by atoms with Gasteiger partial charge in [-0.25, -0.2) is 8.42 Å². The second kappa shape index (κ2) is 6.04. The summed E-state index contributed by atoms with van der Waals surface area (Å²) in [5, 5.41) is 0.0740. The van der Waals surface area contributed by atoms with Gasteiger partial charge in [0.15, 0.2) is 0 Å². The van der Waals surface area contributed by atoms with Gasteiger partial charge in [0.05, 0.1) is 15.7 Å². The molecule has 0 aliphatic heterocycles. The smallest absolute Gasteiger partial charge is 0.264 e. The van der Waals surface area contributed by atoms with Crippen LogP contribution < -0.4 is 10.5 Å². The van der Waals surface area contributed by atoms with E-state index in [0.717, 1.165) is 0 Å². The van der Waals surface area contributed by atoms with Crippen LogP contribution in [0.25, 0.3) is 0 Å². The normalized spacial score (nSPS) is 11.4. The van der Waals surface area contributed by atoms with Crippen molar-refractivity contribution < 1.29 is 8.42 Å². The molecule has 0 saturated carbocycles. The molecule has 0 spiro atoms. The Balaban J connectivity index is 2.48. The summed E-state index contributed by atoms with van der Waals surface area (Å²) in [4.78, 5) is -0.162. The van der Waals surface area contributed by atoms with Crippen LogP contribution in [0.5, 0.6) is 0 Å². The summed E-state index contributed by atoms with van der Waals surface area (Å²) in [5.74, 6) is 0. The van der Waals surface area contributed by atoms with Crippen LogP contribution in [-0.2, 0) is 10.0 Å². The number of rotatable bonds is 3. The van der Waals surface area contributed by atoms with E-state index in [0.29, 0.717) is 21.4 Å². The molecule has 0 unspecified atom stereocenters. The Kier molecular flexibility index (Phi) is 4.72. The number of sulfonamides is 1. The lowest BCUT2D eigenvalue weighted by atomic mass is 10.2. The van der Waals surface area contributed by atoms with Gasteiger partial charge in [0.2, 0.25) is 0 Å². The van der Waals surface area contributed by atoms with E-state index in [-0.39, 0.29) is 14.9 Å². The molecular weight excluding hydrogens is 399 g/mol. The summed E-state index contributed by atoms with van der Waals surface area (Å²) in [5.41, 5.74) is 7.31. The molecule has 2 aromatic carbocycles. The highest BCUT2D eigenvalue weighted by Gasteiger charge is 2.23. The fourth-order valence-corrected chi connectivity index (χ4v) is 4.85. The van der Waals surface area contributed by atoms with E-state index in [1.165, 1.54) is 12.1 Å². The van der Waals surface area contributed by atoms with Crippen molar-refractivity contribution >= 4 is 60.5 Å². The topological polar surface area (TPSA) is 72.2 Å². The molecule has 0 bridgehead atoms. The monoisotopic (exact) mass is 408 g/mol. The molecule has 112 valence electrons. The van der Waals surface area contributed by atoms with Gasteiger partial charge in [-0.2, -0.15) is 0 Å². The number of nitrogens with one attached hydrogen (secondary N) is 1. The average Bonchev–Trinajstić information content (AvgIpc) is 2.30. The molecule has 8 heteroatoms. The van der Waals surface area contributed by atoms with E-state index in [9.17, 15) is 8.42 Å². The van der Waals surface area contributed by atoms with Crippen LogP contribution in [0.4, 0.5) is 11.4 Å². The number of benzene rings is 2. The lowest BCUT2D eigenvalue weighted by Gasteiger charge is -2.13. The lowest BCUT2D eigenvalue weighted by Crippen LogP contribution is -2.15. The highest BCUT2D eigenvalue weighted by atomic mass is 79.9. The lowest BCUT2D eigenvalue weighted by molar-refractivity contribution is 0.601. The van der Waals surface area contributed by atoms with Gasteiger partial charge in [-0.3, -0.25) is 4.72 Å². The third kappa shape index (κ3) is 3.63. The number of hydrogen-bond donors (Lipinski definition) is 2. The number of hydrogen-bond acceptors (Lipinski definition) is 3. The van der Waals surface area contributed by atoms with Crippen molar-refractivity contribution in [3.63, 3.8) is 0 Å². The molecule has 0 atom stereocenters. The number of nitrogens with two attached hydrogens (primary N) is 1. The van der Waals surface area contributed by atoms with Crippen LogP contribution in [0, 0.1) is 6.92 Å². The highest BCUT2D eigenvalue weighted by molar-refractivity contribution is 9.10. The van der Waals surface area contributed by atoms with Crippen molar-refractivity contribution in [1.82, 2.24) is 0 Å². The highest BCUT2D eigenvalue weighted by Crippen LogP contribution is 2.34. The minimum Gasteiger partial charge on any atom is -0.399 e. The molecule has 2 aromatic rings. The number of aryl methyl sites for hydroxylation is 1. The van der Waals surface area contributed by atoms with Crippen molar-refractivity contribution in [3.05, 3.63) is 50.4 Å². The molecule has 0 aliphatic carbocycles. The fourth-order valence-electron chi connectivity index (χ4n) is 1.78. The van der Waals surface area contributed by atoms with Crippen LogP contribution in [0.3, 0.4) is 0 Å². The quantitative estimate of drug-likeness (QED) is 0.735. The van der Waals surface area contributed by atoms with E-state index in [2.05, 4.69) is 20.7 Å². The third-order valence-electron chi connectivity index (χ3n) is 2.73. The maximum absolute atomic E-state index is 12.5. The molecule has 0 radical (unpaired) electrons. The largest absolute Gasteiger partial charge is 0.399 e. The Morgan fingerprint density at radius 2 is 1.71 bits per heavy atom. The molecule has 4 nitrogen and oxygen atoms in total. The Morgan fingerprint density at radius 3 is 2.24 bits per heavy atom. The first-order chi connectivity index (χ1) is 9.70. The molecule has 0 heterocycles. The zero-order valence-corrected chi connectivity index (χ0v) is 14.7. The van der Waals surface area contributed by atoms with E-state index < -0.39 is 10.0 Å². The molecule has 0 amide bonds. The van der Waals surface area contributed by atoms with Crippen LogP contribution >= 0.6 is 39.1 Å². The van der Waals surface area contributed by atoms with Crippen LogP contribution in [0.15, 0.2) is 39.7 Å². The zero-order valence-electron chi connectivity index (χ0n) is 10.8. The molecular formula is C13H11BrCl2N2O2S. The van der Waals surface area contributed by atoms with Gasteiger partial charge in [0, 0.05) is 10.2 Å². The number of anilines is 2. The van der Waals surface area contributed by atoms with Crippen molar-refractivity contribution in [1.29, 1.82) is 0 Å². The van der Waals surface area contributed by atoms with Crippen molar-refractivity contribution in [2.75, 3.05) is 10.5 Å². The zero-order chi connectivity index (χ0) is 15.8. The number of halogens is 3. The predicted octanol–water partition coefficient (Wildman–Crippen LogP) is 4.45. The molecule has 3 N–H and O–H groups in total. The Bertz CT molecular complexity index is 787. The van der Waals surface area contributed by atoms with Gasteiger partial charge in [-0.05, 0) is 42.8 Å². The second-order valence-electron chi connectivity index (χ2n) is 4.38. The summed E-state index contributed by atoms with van der Waals surface area (Å²) in [7, 11) is -3.90. The van der Waals surface area contributed by atoms with E-state index >= 15 is 0 Å². The Labute approximate surface area is 141 Å². The van der Waals surface area contributed by atoms with Gasteiger partial charge in [-0.1, -0.05) is 39.1 Å². The molecule has 0 aliphatic rings. The van der Waals surface area contributed by atoms with Crippen LogP contribution in [-0.4, -0.2) is 8.42 Å². The van der Waals surface area contributed by atoms with Gasteiger partial charge < -0.3 is 5.73 Å². The number of nitrogen functional groups attached to an aromatic ring is 1. The van der Waals surface area contributed by atoms with Gasteiger partial charge in [0.1, 0.15) is 4.90 Å². The third-order valence-corrected chi connectivity index (χ3v) is 5.47. The van der Waals surface area contributed by atoms with Crippen molar-refractivity contribution in [2.45, 2.75) is 11.8 Å². The predicted molar refractivity (Wildman–Crippen MR) is 90.6 cm³/mol. The first-order valence-electron chi connectivity index (χ1n) is 5.74. The summed E-state index contributed by atoms with van der Waals surface area (Å²) >= 11 is 15.2. The maximum Gasteiger partial charge on any atom is 0.264 e. The molecule has 2 rings (SSSR count). The Morgan fingerprint density at radius 1 is 1.14 bits per heavy atom. The van der Waals surface area contributed by atoms with Crippen LogP contribution in [0.2, 0.25) is 10.0 Å². The molecule has 21 heavy (non-hydrogen) atoms. The molecule has 0 aromatic heterocycles. The summed E-state index contributed by atoms with van der Waals surface area (Å²) in [6, 6.07) is 7.80. The van der Waals surface area contributed by atoms with Crippen molar-refractivity contribution in [3.8, 4) is 0 Å². The van der Waals surface area contributed by atoms with Crippen molar-refractivity contribution in [2.24, 2.45) is 0 Å². The van der Waals surface area contributed by atoms with E-state index in [1.807, 2.05) is 0 Å². The first kappa shape index (κ1) is 16.4. The molecule has 0 saturated heterocycles. The van der Waals surface area contributed by atoms with Crippen LogP contribution in [0.1, 0.15) is 5.56 Å². The molecule has 0 fully saturated rings. The second-order valence-corrected chi connectivity index (χ2v) is 7.73. The SMILES string of the molecule is Cc1cc(N)ccc1NS(=O)(=O)c1c(Cl)cc(Br)cc1Cl. The van der Waals surface area contributed by atoms with E-state index in [4.69, 9.17) is 28.9 Å². The van der Waals surface area contributed by atoms with Gasteiger partial charge in [0.25, 0.3) is 10.0 Å². The maximum atomic E-state index is 12.5. The summed E-state index contributed by atoms with van der Waals surface area (Å²) in [6.45, 7) is 1.75. The average molecular weight is 410 g/mol. The Hall–Kier alpha value is -0.950. The fraction of sp³-hybridized carbons (Fsp3) is 0.0769. The van der Waals surface area contributed by atoms with E-state index in [1.54, 1.807) is 25.1 Å². The first-order valence-corrected chi connectivity index (χ1v) is 8.77.